The molecule has 4 heteroatoms. The first-order valence-corrected chi connectivity index (χ1v) is 3.30. The van der Waals surface area contributed by atoms with Gasteiger partial charge < -0.3 is 15.2 Å². The molecule has 2 atom stereocenters. The minimum atomic E-state index is 0. The third-order valence-corrected chi connectivity index (χ3v) is 1.43. The Hall–Kier alpha value is 0.170. The Bertz CT molecular complexity index is 91.8. The van der Waals surface area contributed by atoms with Crippen LogP contribution in [0.2, 0.25) is 0 Å². The molecule has 0 radical (unpaired) electrons. The van der Waals surface area contributed by atoms with Gasteiger partial charge >= 0.3 is 0 Å². The Morgan fingerprint density at radius 2 is 2.30 bits per heavy atom. The van der Waals surface area contributed by atoms with Gasteiger partial charge in [0.25, 0.3) is 0 Å². The zero-order chi connectivity index (χ0) is 6.69. The predicted octanol–water partition coefficient (Wildman–Crippen LogP) is -0.223. The maximum Gasteiger partial charge on any atom is 0.0933 e. The number of hydrogen-bond donors (Lipinski definition) is 2. The molecule has 62 valence electrons. The zero-order valence-electron chi connectivity index (χ0n) is 6.04. The SMILES string of the molecule is CC1CNC[C@H](CO)O1.Cl. The highest BCUT2D eigenvalue weighted by Gasteiger charge is 2.16. The molecule has 0 bridgehead atoms. The van der Waals surface area contributed by atoms with Crippen LogP contribution in [0.25, 0.3) is 0 Å². The predicted molar refractivity (Wildman–Crippen MR) is 41.5 cm³/mol. The first-order valence-electron chi connectivity index (χ1n) is 3.30. The van der Waals surface area contributed by atoms with E-state index < -0.39 is 0 Å². The topological polar surface area (TPSA) is 41.5 Å². The molecule has 3 nitrogen and oxygen atoms in total. The van der Waals surface area contributed by atoms with E-state index in [9.17, 15) is 0 Å². The van der Waals surface area contributed by atoms with Gasteiger partial charge in [-0.2, -0.15) is 0 Å². The van der Waals surface area contributed by atoms with Gasteiger partial charge in [-0.15, -0.1) is 12.4 Å². The van der Waals surface area contributed by atoms with Gasteiger partial charge in [-0.1, -0.05) is 0 Å². The van der Waals surface area contributed by atoms with Crippen molar-refractivity contribution in [2.75, 3.05) is 19.7 Å². The molecule has 1 aliphatic heterocycles. The van der Waals surface area contributed by atoms with Gasteiger partial charge in [0.2, 0.25) is 0 Å². The molecular formula is C6H14ClNO2. The molecule has 10 heavy (non-hydrogen) atoms. The molecule has 0 amide bonds. The number of nitrogens with one attached hydrogen (secondary N) is 1. The van der Waals surface area contributed by atoms with Crippen molar-refractivity contribution in [1.29, 1.82) is 0 Å². The van der Waals surface area contributed by atoms with Crippen LogP contribution >= 0.6 is 12.4 Å². The van der Waals surface area contributed by atoms with Crippen molar-refractivity contribution in [3.63, 3.8) is 0 Å². The maximum atomic E-state index is 8.64. The Labute approximate surface area is 67.2 Å². The first kappa shape index (κ1) is 10.2. The minimum Gasteiger partial charge on any atom is -0.394 e. The molecule has 0 aromatic heterocycles. The largest absolute Gasteiger partial charge is 0.394 e. The lowest BCUT2D eigenvalue weighted by Gasteiger charge is -2.27. The highest BCUT2D eigenvalue weighted by molar-refractivity contribution is 5.85. The molecule has 1 fully saturated rings. The lowest BCUT2D eigenvalue weighted by Crippen LogP contribution is -2.44. The summed E-state index contributed by atoms with van der Waals surface area (Å²) in [6.07, 6.45) is 0.254. The van der Waals surface area contributed by atoms with Gasteiger partial charge in [0.1, 0.15) is 0 Å². The van der Waals surface area contributed by atoms with Crippen molar-refractivity contribution in [3.8, 4) is 0 Å². The smallest absolute Gasteiger partial charge is 0.0933 e. The summed E-state index contributed by atoms with van der Waals surface area (Å²) in [7, 11) is 0. The molecule has 0 aromatic rings. The average Bonchev–Trinajstić information content (AvgIpc) is 1.88. The maximum absolute atomic E-state index is 8.64. The molecule has 0 spiro atoms. The fraction of sp³-hybridized carbons (Fsp3) is 1.00. The third-order valence-electron chi connectivity index (χ3n) is 1.43. The van der Waals surface area contributed by atoms with Crippen molar-refractivity contribution in [2.45, 2.75) is 19.1 Å². The number of halogens is 1. The van der Waals surface area contributed by atoms with Gasteiger partial charge in [-0.25, -0.2) is 0 Å². The fourth-order valence-electron chi connectivity index (χ4n) is 0.980. The van der Waals surface area contributed by atoms with Crippen LogP contribution in [0.1, 0.15) is 6.92 Å². The summed E-state index contributed by atoms with van der Waals surface area (Å²) in [5.74, 6) is 0. The first-order chi connectivity index (χ1) is 4.33. The van der Waals surface area contributed by atoms with E-state index in [0.717, 1.165) is 13.1 Å². The fourth-order valence-corrected chi connectivity index (χ4v) is 0.980. The molecule has 0 saturated carbocycles. The van der Waals surface area contributed by atoms with E-state index in [1.807, 2.05) is 6.92 Å². The van der Waals surface area contributed by atoms with Crippen LogP contribution in [-0.2, 0) is 4.74 Å². The van der Waals surface area contributed by atoms with Crippen molar-refractivity contribution in [3.05, 3.63) is 0 Å². The van der Waals surface area contributed by atoms with E-state index in [1.54, 1.807) is 0 Å². The van der Waals surface area contributed by atoms with Crippen LogP contribution < -0.4 is 5.32 Å². The van der Waals surface area contributed by atoms with Crippen LogP contribution in [0.5, 0.6) is 0 Å². The molecule has 1 unspecified atom stereocenters. The summed E-state index contributed by atoms with van der Waals surface area (Å²) >= 11 is 0. The monoisotopic (exact) mass is 167 g/mol. The summed E-state index contributed by atoms with van der Waals surface area (Å²) < 4.78 is 5.32. The summed E-state index contributed by atoms with van der Waals surface area (Å²) in [6.45, 7) is 3.80. The van der Waals surface area contributed by atoms with Gasteiger partial charge in [-0.05, 0) is 6.92 Å². The van der Waals surface area contributed by atoms with E-state index in [2.05, 4.69) is 5.32 Å². The number of rotatable bonds is 1. The second kappa shape index (κ2) is 4.91. The standard InChI is InChI=1S/C6H13NO2.ClH/c1-5-2-7-3-6(4-8)9-5;/h5-8H,2-4H2,1H3;1H/t5?,6-;/m1./s1. The molecule has 1 saturated heterocycles. The zero-order valence-corrected chi connectivity index (χ0v) is 6.86. The van der Waals surface area contributed by atoms with E-state index in [4.69, 9.17) is 9.84 Å². The van der Waals surface area contributed by atoms with E-state index in [-0.39, 0.29) is 31.2 Å². The number of aliphatic hydroxyl groups excluding tert-OH is 1. The molecule has 0 aromatic carbocycles. The normalized spacial score (nSPS) is 33.0. The Kier molecular flexibility index (Phi) is 4.99. The van der Waals surface area contributed by atoms with E-state index in [0.29, 0.717) is 0 Å². The molecular weight excluding hydrogens is 154 g/mol. The van der Waals surface area contributed by atoms with Crippen LogP contribution in [0.15, 0.2) is 0 Å². The molecule has 0 aliphatic carbocycles. The highest BCUT2D eigenvalue weighted by Crippen LogP contribution is 2.00. The number of ether oxygens (including phenoxy) is 1. The summed E-state index contributed by atoms with van der Waals surface area (Å²) in [5.41, 5.74) is 0. The summed E-state index contributed by atoms with van der Waals surface area (Å²) in [4.78, 5) is 0. The Morgan fingerprint density at radius 3 is 2.70 bits per heavy atom. The van der Waals surface area contributed by atoms with Crippen molar-refractivity contribution in [1.82, 2.24) is 5.32 Å². The second-order valence-electron chi connectivity index (χ2n) is 2.41. The van der Waals surface area contributed by atoms with Crippen molar-refractivity contribution >= 4 is 12.4 Å². The van der Waals surface area contributed by atoms with Crippen LogP contribution in [-0.4, -0.2) is 37.0 Å². The summed E-state index contributed by atoms with van der Waals surface area (Å²) in [5, 5.41) is 11.8. The molecule has 1 rings (SSSR count). The second-order valence-corrected chi connectivity index (χ2v) is 2.41. The van der Waals surface area contributed by atoms with Gasteiger partial charge in [0.05, 0.1) is 18.8 Å². The highest BCUT2D eigenvalue weighted by atomic mass is 35.5. The van der Waals surface area contributed by atoms with Crippen LogP contribution in [0.3, 0.4) is 0 Å². The quantitative estimate of drug-likeness (QED) is 0.568. The van der Waals surface area contributed by atoms with Gasteiger partial charge in [0, 0.05) is 13.1 Å². The third kappa shape index (κ3) is 2.84. The number of hydrogen-bond acceptors (Lipinski definition) is 3. The van der Waals surface area contributed by atoms with Crippen LogP contribution in [0, 0.1) is 0 Å². The van der Waals surface area contributed by atoms with Crippen molar-refractivity contribution < 1.29 is 9.84 Å². The minimum absolute atomic E-state index is 0. The number of morpholine rings is 1. The lowest BCUT2D eigenvalue weighted by molar-refractivity contribution is -0.0518. The van der Waals surface area contributed by atoms with Gasteiger partial charge in [-0.3, -0.25) is 0 Å². The molecule has 1 heterocycles. The van der Waals surface area contributed by atoms with E-state index in [1.165, 1.54) is 0 Å². The Balaban J connectivity index is 0.000000810. The van der Waals surface area contributed by atoms with Crippen LogP contribution in [0.4, 0.5) is 0 Å². The van der Waals surface area contributed by atoms with Crippen molar-refractivity contribution in [2.24, 2.45) is 0 Å². The lowest BCUT2D eigenvalue weighted by atomic mass is 10.3. The number of aliphatic hydroxyl groups is 1. The molecule has 2 N–H and O–H groups in total. The average molecular weight is 168 g/mol. The molecule has 1 aliphatic rings. The van der Waals surface area contributed by atoms with Gasteiger partial charge in [0.15, 0.2) is 0 Å². The Morgan fingerprint density at radius 1 is 1.60 bits per heavy atom. The van der Waals surface area contributed by atoms with E-state index >= 15 is 0 Å². The summed E-state index contributed by atoms with van der Waals surface area (Å²) in [6, 6.07) is 0.